The van der Waals surface area contributed by atoms with Crippen LogP contribution in [0.1, 0.15) is 12.8 Å². The molecule has 0 spiro atoms. The number of rotatable bonds is 5. The second-order valence-corrected chi connectivity index (χ2v) is 3.80. The zero-order chi connectivity index (χ0) is 10.4. The zero-order valence-electron chi connectivity index (χ0n) is 9.16. The maximum atomic E-state index is 11.3. The number of likely N-dealkylation sites (tertiary alicyclic amines) is 1. The molecule has 1 rings (SSSR count). The largest absolute Gasteiger partial charge is 0.375 e. The van der Waals surface area contributed by atoms with E-state index in [-0.39, 0.29) is 12.5 Å². The van der Waals surface area contributed by atoms with E-state index in [9.17, 15) is 4.79 Å². The van der Waals surface area contributed by atoms with Crippen LogP contribution in [0.2, 0.25) is 0 Å². The topological polar surface area (TPSA) is 32.8 Å². The molecule has 0 aromatic rings. The Bertz CT molecular complexity index is 179. The van der Waals surface area contributed by atoms with Crippen LogP contribution < -0.4 is 0 Å². The molecule has 1 fully saturated rings. The highest BCUT2D eigenvalue weighted by Gasteiger charge is 2.13. The average molecular weight is 200 g/mol. The number of methoxy groups -OCH3 is 1. The second-order valence-electron chi connectivity index (χ2n) is 3.80. The molecule has 0 unspecified atom stereocenters. The van der Waals surface area contributed by atoms with Gasteiger partial charge in [-0.2, -0.15) is 0 Å². The van der Waals surface area contributed by atoms with Crippen LogP contribution in [0.5, 0.6) is 0 Å². The van der Waals surface area contributed by atoms with Crippen molar-refractivity contribution >= 4 is 5.91 Å². The van der Waals surface area contributed by atoms with Crippen molar-refractivity contribution in [3.8, 4) is 0 Å². The van der Waals surface area contributed by atoms with Crippen molar-refractivity contribution in [3.63, 3.8) is 0 Å². The first-order valence-corrected chi connectivity index (χ1v) is 5.19. The van der Waals surface area contributed by atoms with E-state index in [2.05, 4.69) is 4.90 Å². The molecule has 0 atom stereocenters. The number of hydrogen-bond donors (Lipinski definition) is 0. The Labute approximate surface area is 85.8 Å². The predicted octanol–water partition coefficient (Wildman–Crippen LogP) is 0.187. The number of hydrogen-bond acceptors (Lipinski definition) is 3. The van der Waals surface area contributed by atoms with E-state index in [0.29, 0.717) is 0 Å². The van der Waals surface area contributed by atoms with Gasteiger partial charge in [0.15, 0.2) is 0 Å². The third-order valence-electron chi connectivity index (χ3n) is 2.64. The molecule has 0 bridgehead atoms. The number of likely N-dealkylation sites (N-methyl/N-ethyl adjacent to an activating group) is 1. The van der Waals surface area contributed by atoms with E-state index in [0.717, 1.165) is 13.1 Å². The summed E-state index contributed by atoms with van der Waals surface area (Å²) in [7, 11) is 3.38. The Morgan fingerprint density at radius 1 is 1.43 bits per heavy atom. The van der Waals surface area contributed by atoms with Crippen LogP contribution in [-0.2, 0) is 9.53 Å². The summed E-state index contributed by atoms with van der Waals surface area (Å²) in [5.74, 6) is 0.0618. The summed E-state index contributed by atoms with van der Waals surface area (Å²) in [6.45, 7) is 4.36. The van der Waals surface area contributed by atoms with E-state index in [1.54, 1.807) is 12.0 Å². The van der Waals surface area contributed by atoms with Gasteiger partial charge in [-0.3, -0.25) is 4.79 Å². The third kappa shape index (κ3) is 3.64. The fourth-order valence-corrected chi connectivity index (χ4v) is 1.66. The molecule has 1 saturated heterocycles. The molecule has 1 heterocycles. The molecular weight excluding hydrogens is 180 g/mol. The lowest BCUT2D eigenvalue weighted by Gasteiger charge is -2.21. The Morgan fingerprint density at radius 2 is 2.07 bits per heavy atom. The van der Waals surface area contributed by atoms with Gasteiger partial charge in [-0.15, -0.1) is 0 Å². The maximum absolute atomic E-state index is 11.3. The van der Waals surface area contributed by atoms with Crippen LogP contribution in [0.4, 0.5) is 0 Å². The van der Waals surface area contributed by atoms with Gasteiger partial charge in [0.1, 0.15) is 6.61 Å². The maximum Gasteiger partial charge on any atom is 0.248 e. The lowest BCUT2D eigenvalue weighted by atomic mass is 10.4. The Kier molecular flexibility index (Phi) is 4.90. The summed E-state index contributed by atoms with van der Waals surface area (Å²) in [6, 6.07) is 0. The highest BCUT2D eigenvalue weighted by atomic mass is 16.5. The number of nitrogens with zero attached hydrogens (tertiary/aromatic N) is 2. The molecule has 0 saturated carbocycles. The molecule has 0 N–H and O–H groups in total. The first kappa shape index (κ1) is 11.5. The summed E-state index contributed by atoms with van der Waals surface area (Å²) in [5.41, 5.74) is 0. The first-order valence-electron chi connectivity index (χ1n) is 5.19. The monoisotopic (exact) mass is 200 g/mol. The summed E-state index contributed by atoms with van der Waals surface area (Å²) in [4.78, 5) is 15.5. The molecule has 82 valence electrons. The molecule has 1 aliphatic heterocycles. The zero-order valence-corrected chi connectivity index (χ0v) is 9.16. The third-order valence-corrected chi connectivity index (χ3v) is 2.64. The van der Waals surface area contributed by atoms with Gasteiger partial charge < -0.3 is 14.5 Å². The minimum absolute atomic E-state index is 0.0618. The van der Waals surface area contributed by atoms with Crippen molar-refractivity contribution in [1.82, 2.24) is 9.80 Å². The van der Waals surface area contributed by atoms with Gasteiger partial charge in [0, 0.05) is 27.2 Å². The lowest BCUT2D eigenvalue weighted by molar-refractivity contribution is -0.133. The normalized spacial score (nSPS) is 17.3. The van der Waals surface area contributed by atoms with Gasteiger partial charge >= 0.3 is 0 Å². The van der Waals surface area contributed by atoms with Crippen LogP contribution in [-0.4, -0.2) is 62.7 Å². The summed E-state index contributed by atoms with van der Waals surface area (Å²) in [6.07, 6.45) is 2.60. The van der Waals surface area contributed by atoms with Crippen LogP contribution in [0.15, 0.2) is 0 Å². The minimum atomic E-state index is 0.0618. The molecule has 0 aromatic heterocycles. The van der Waals surface area contributed by atoms with E-state index >= 15 is 0 Å². The number of ether oxygens (including phenoxy) is 1. The standard InChI is InChI=1S/C10H20N2O2/c1-11(10(13)9-14-2)7-8-12-5-3-4-6-12/h3-9H2,1-2H3. The van der Waals surface area contributed by atoms with Gasteiger partial charge in [0.05, 0.1) is 0 Å². The van der Waals surface area contributed by atoms with E-state index in [1.807, 2.05) is 7.05 Å². The summed E-state index contributed by atoms with van der Waals surface area (Å²) in [5, 5.41) is 0. The number of carbonyl (C=O) groups excluding carboxylic acids is 1. The Hall–Kier alpha value is -0.610. The van der Waals surface area contributed by atoms with Gasteiger partial charge in [-0.05, 0) is 25.9 Å². The second kappa shape index (κ2) is 5.98. The van der Waals surface area contributed by atoms with Gasteiger partial charge in [0.25, 0.3) is 0 Å². The quantitative estimate of drug-likeness (QED) is 0.635. The van der Waals surface area contributed by atoms with Crippen LogP contribution in [0, 0.1) is 0 Å². The highest BCUT2D eigenvalue weighted by molar-refractivity contribution is 5.77. The molecule has 4 nitrogen and oxygen atoms in total. The molecule has 4 heteroatoms. The first-order chi connectivity index (χ1) is 6.74. The van der Waals surface area contributed by atoms with E-state index in [1.165, 1.54) is 25.9 Å². The Balaban J connectivity index is 2.13. The van der Waals surface area contributed by atoms with E-state index < -0.39 is 0 Å². The van der Waals surface area contributed by atoms with Crippen molar-refractivity contribution in [2.24, 2.45) is 0 Å². The fourth-order valence-electron chi connectivity index (χ4n) is 1.66. The molecular formula is C10H20N2O2. The molecule has 1 aliphatic rings. The van der Waals surface area contributed by atoms with Crippen molar-refractivity contribution < 1.29 is 9.53 Å². The predicted molar refractivity (Wildman–Crippen MR) is 55.2 cm³/mol. The fraction of sp³-hybridized carbons (Fsp3) is 0.900. The van der Waals surface area contributed by atoms with Crippen molar-refractivity contribution in [3.05, 3.63) is 0 Å². The Morgan fingerprint density at radius 3 is 2.64 bits per heavy atom. The SMILES string of the molecule is COCC(=O)N(C)CCN1CCCC1. The molecule has 14 heavy (non-hydrogen) atoms. The molecule has 0 aromatic carbocycles. The van der Waals surface area contributed by atoms with Crippen molar-refractivity contribution in [2.75, 3.05) is 46.9 Å². The molecule has 0 radical (unpaired) electrons. The van der Waals surface area contributed by atoms with Crippen LogP contribution in [0.25, 0.3) is 0 Å². The van der Waals surface area contributed by atoms with Crippen molar-refractivity contribution in [2.45, 2.75) is 12.8 Å². The number of carbonyl (C=O) groups is 1. The van der Waals surface area contributed by atoms with Gasteiger partial charge in [-0.25, -0.2) is 0 Å². The smallest absolute Gasteiger partial charge is 0.248 e. The lowest BCUT2D eigenvalue weighted by Crippen LogP contribution is -2.36. The summed E-state index contributed by atoms with van der Waals surface area (Å²) < 4.78 is 4.79. The van der Waals surface area contributed by atoms with Crippen LogP contribution in [0.3, 0.4) is 0 Å². The average Bonchev–Trinajstić information content (AvgIpc) is 2.67. The van der Waals surface area contributed by atoms with E-state index in [4.69, 9.17) is 4.74 Å². The summed E-state index contributed by atoms with van der Waals surface area (Å²) >= 11 is 0. The van der Waals surface area contributed by atoms with Crippen LogP contribution >= 0.6 is 0 Å². The number of amides is 1. The highest BCUT2D eigenvalue weighted by Crippen LogP contribution is 2.06. The minimum Gasteiger partial charge on any atom is -0.375 e. The van der Waals surface area contributed by atoms with Gasteiger partial charge in [-0.1, -0.05) is 0 Å². The molecule has 0 aliphatic carbocycles. The van der Waals surface area contributed by atoms with Crippen molar-refractivity contribution in [1.29, 1.82) is 0 Å². The molecule has 1 amide bonds. The van der Waals surface area contributed by atoms with Gasteiger partial charge in [0.2, 0.25) is 5.91 Å².